The van der Waals surface area contributed by atoms with E-state index in [4.69, 9.17) is 5.11 Å². The lowest BCUT2D eigenvalue weighted by Gasteiger charge is -2.13. The summed E-state index contributed by atoms with van der Waals surface area (Å²) in [6.45, 7) is 7.25. The van der Waals surface area contributed by atoms with E-state index in [1.54, 1.807) is 0 Å². The lowest BCUT2D eigenvalue weighted by atomic mass is 10.1. The van der Waals surface area contributed by atoms with Crippen LogP contribution < -0.4 is 5.32 Å². The van der Waals surface area contributed by atoms with Crippen LogP contribution in [-0.2, 0) is 0 Å². The van der Waals surface area contributed by atoms with Crippen molar-refractivity contribution in [1.29, 1.82) is 0 Å². The number of aryl methyl sites for hydroxylation is 2. The zero-order chi connectivity index (χ0) is 10.6. The van der Waals surface area contributed by atoms with Gasteiger partial charge < -0.3 is 10.4 Å². The highest BCUT2D eigenvalue weighted by Gasteiger charge is 2.01. The number of benzene rings is 1. The fourth-order valence-corrected chi connectivity index (χ4v) is 1.28. The summed E-state index contributed by atoms with van der Waals surface area (Å²) in [4.78, 5) is 0. The van der Waals surface area contributed by atoms with Crippen LogP contribution in [0.25, 0.3) is 0 Å². The molecule has 1 atom stereocenters. The Labute approximate surface area is 86.0 Å². The van der Waals surface area contributed by atoms with Crippen LogP contribution in [0.1, 0.15) is 18.1 Å². The van der Waals surface area contributed by atoms with Crippen molar-refractivity contribution in [3.8, 4) is 0 Å². The molecule has 1 aromatic carbocycles. The maximum absolute atomic E-state index is 8.90. The van der Waals surface area contributed by atoms with Crippen LogP contribution in [0.3, 0.4) is 0 Å². The zero-order valence-corrected chi connectivity index (χ0v) is 9.17. The van der Waals surface area contributed by atoms with Gasteiger partial charge in [0.1, 0.15) is 0 Å². The van der Waals surface area contributed by atoms with Gasteiger partial charge in [-0.15, -0.1) is 0 Å². The maximum atomic E-state index is 8.90. The molecule has 1 rings (SSSR count). The normalized spacial score (nSPS) is 12.6. The average Bonchev–Trinajstić information content (AvgIpc) is 2.19. The number of hydrogen-bond donors (Lipinski definition) is 2. The molecule has 0 spiro atoms. The Morgan fingerprint density at radius 2 is 2.07 bits per heavy atom. The summed E-state index contributed by atoms with van der Waals surface area (Å²) in [5.41, 5.74) is 3.68. The van der Waals surface area contributed by atoms with Gasteiger partial charge in [-0.3, -0.25) is 0 Å². The first-order valence-electron chi connectivity index (χ1n) is 5.05. The van der Waals surface area contributed by atoms with Gasteiger partial charge in [0.15, 0.2) is 0 Å². The molecule has 0 bridgehead atoms. The van der Waals surface area contributed by atoms with Gasteiger partial charge >= 0.3 is 0 Å². The van der Waals surface area contributed by atoms with Crippen LogP contribution in [0.4, 0.5) is 5.69 Å². The Morgan fingerprint density at radius 1 is 1.36 bits per heavy atom. The van der Waals surface area contributed by atoms with Gasteiger partial charge in [-0.1, -0.05) is 19.1 Å². The topological polar surface area (TPSA) is 32.3 Å². The van der Waals surface area contributed by atoms with Crippen molar-refractivity contribution in [2.45, 2.75) is 20.8 Å². The van der Waals surface area contributed by atoms with Crippen LogP contribution >= 0.6 is 0 Å². The first-order chi connectivity index (χ1) is 6.63. The van der Waals surface area contributed by atoms with E-state index in [0.29, 0.717) is 5.92 Å². The standard InChI is InChI=1S/C12H19NO/c1-9-4-5-11(3)12(6-9)13-7-10(2)8-14/h4-6,10,13-14H,7-8H2,1-3H3. The molecule has 0 aliphatic heterocycles. The van der Waals surface area contributed by atoms with E-state index in [0.717, 1.165) is 6.54 Å². The van der Waals surface area contributed by atoms with Crippen LogP contribution in [0.5, 0.6) is 0 Å². The maximum Gasteiger partial charge on any atom is 0.0473 e. The number of aliphatic hydroxyl groups excluding tert-OH is 1. The summed E-state index contributed by atoms with van der Waals surface area (Å²) in [6, 6.07) is 6.36. The van der Waals surface area contributed by atoms with E-state index in [1.165, 1.54) is 16.8 Å². The molecule has 0 radical (unpaired) electrons. The van der Waals surface area contributed by atoms with Gasteiger partial charge in [0.25, 0.3) is 0 Å². The lowest BCUT2D eigenvalue weighted by molar-refractivity contribution is 0.244. The smallest absolute Gasteiger partial charge is 0.0473 e. The van der Waals surface area contributed by atoms with E-state index < -0.39 is 0 Å². The predicted molar refractivity (Wildman–Crippen MR) is 60.7 cm³/mol. The summed E-state index contributed by atoms with van der Waals surface area (Å²) in [7, 11) is 0. The molecule has 2 nitrogen and oxygen atoms in total. The average molecular weight is 193 g/mol. The third kappa shape index (κ3) is 3.04. The summed E-state index contributed by atoms with van der Waals surface area (Å²) in [5.74, 6) is 0.301. The second-order valence-corrected chi connectivity index (χ2v) is 3.99. The fraction of sp³-hybridized carbons (Fsp3) is 0.500. The second-order valence-electron chi connectivity index (χ2n) is 3.99. The molecule has 0 aliphatic rings. The fourth-order valence-electron chi connectivity index (χ4n) is 1.28. The summed E-state index contributed by atoms with van der Waals surface area (Å²) in [5, 5.41) is 12.2. The number of hydrogen-bond acceptors (Lipinski definition) is 2. The predicted octanol–water partition coefficient (Wildman–Crippen LogP) is 2.34. The van der Waals surface area contributed by atoms with Crippen molar-refractivity contribution in [1.82, 2.24) is 0 Å². The van der Waals surface area contributed by atoms with Gasteiger partial charge in [-0.05, 0) is 37.0 Å². The molecule has 0 saturated heterocycles. The molecule has 0 heterocycles. The Kier molecular flexibility index (Phi) is 3.96. The quantitative estimate of drug-likeness (QED) is 0.769. The molecule has 0 fully saturated rings. The van der Waals surface area contributed by atoms with E-state index in [-0.39, 0.29) is 6.61 Å². The van der Waals surface area contributed by atoms with Crippen molar-refractivity contribution in [2.75, 3.05) is 18.5 Å². The molecule has 14 heavy (non-hydrogen) atoms. The monoisotopic (exact) mass is 193 g/mol. The van der Waals surface area contributed by atoms with Crippen LogP contribution in [0, 0.1) is 19.8 Å². The molecule has 1 aromatic rings. The Morgan fingerprint density at radius 3 is 2.71 bits per heavy atom. The third-order valence-corrected chi connectivity index (χ3v) is 2.35. The van der Waals surface area contributed by atoms with Gasteiger partial charge in [-0.25, -0.2) is 0 Å². The summed E-state index contributed by atoms with van der Waals surface area (Å²) in [6.07, 6.45) is 0. The van der Waals surface area contributed by atoms with Gasteiger partial charge in [-0.2, -0.15) is 0 Å². The van der Waals surface area contributed by atoms with Crippen molar-refractivity contribution >= 4 is 5.69 Å². The number of anilines is 1. The van der Waals surface area contributed by atoms with Gasteiger partial charge in [0.05, 0.1) is 0 Å². The van der Waals surface area contributed by atoms with Crippen molar-refractivity contribution in [3.05, 3.63) is 29.3 Å². The number of nitrogens with one attached hydrogen (secondary N) is 1. The molecule has 78 valence electrons. The number of aliphatic hydroxyl groups is 1. The molecule has 1 unspecified atom stereocenters. The van der Waals surface area contributed by atoms with Crippen molar-refractivity contribution < 1.29 is 5.11 Å². The zero-order valence-electron chi connectivity index (χ0n) is 9.17. The van der Waals surface area contributed by atoms with E-state index in [1.807, 2.05) is 6.92 Å². The van der Waals surface area contributed by atoms with E-state index in [9.17, 15) is 0 Å². The molecule has 0 amide bonds. The SMILES string of the molecule is Cc1ccc(C)c(NCC(C)CO)c1. The van der Waals surface area contributed by atoms with Crippen molar-refractivity contribution in [3.63, 3.8) is 0 Å². The highest BCUT2D eigenvalue weighted by Crippen LogP contribution is 2.16. The van der Waals surface area contributed by atoms with Gasteiger partial charge in [0, 0.05) is 18.8 Å². The molecule has 2 heteroatoms. The minimum Gasteiger partial charge on any atom is -0.396 e. The Balaban J connectivity index is 2.62. The van der Waals surface area contributed by atoms with Gasteiger partial charge in [0.2, 0.25) is 0 Å². The summed E-state index contributed by atoms with van der Waals surface area (Å²) >= 11 is 0. The minimum atomic E-state index is 0.234. The largest absolute Gasteiger partial charge is 0.396 e. The van der Waals surface area contributed by atoms with Crippen LogP contribution in [0.15, 0.2) is 18.2 Å². The lowest BCUT2D eigenvalue weighted by Crippen LogP contribution is -2.15. The molecule has 0 aromatic heterocycles. The van der Waals surface area contributed by atoms with Crippen molar-refractivity contribution in [2.24, 2.45) is 5.92 Å². The molecular formula is C12H19NO. The van der Waals surface area contributed by atoms with E-state index in [2.05, 4.69) is 37.4 Å². The first-order valence-corrected chi connectivity index (χ1v) is 5.05. The van der Waals surface area contributed by atoms with Crippen LogP contribution in [-0.4, -0.2) is 18.3 Å². The second kappa shape index (κ2) is 5.01. The molecule has 2 N–H and O–H groups in total. The highest BCUT2D eigenvalue weighted by molar-refractivity contribution is 5.52. The van der Waals surface area contributed by atoms with E-state index >= 15 is 0 Å². The molecule has 0 saturated carbocycles. The number of rotatable bonds is 4. The third-order valence-electron chi connectivity index (χ3n) is 2.35. The molecule has 0 aliphatic carbocycles. The van der Waals surface area contributed by atoms with Crippen LogP contribution in [0.2, 0.25) is 0 Å². The Bertz CT molecular complexity index is 296. The first kappa shape index (κ1) is 11.1. The molecular weight excluding hydrogens is 174 g/mol. The highest BCUT2D eigenvalue weighted by atomic mass is 16.3. The summed E-state index contributed by atoms with van der Waals surface area (Å²) < 4.78 is 0. The Hall–Kier alpha value is -1.02. The minimum absolute atomic E-state index is 0.234.